The van der Waals surface area contributed by atoms with Crippen LogP contribution in [-0.4, -0.2) is 49.1 Å². The van der Waals surface area contributed by atoms with E-state index in [0.29, 0.717) is 29.7 Å². The normalized spacial score (nSPS) is 12.7. The Bertz CT molecular complexity index is 865. The monoisotopic (exact) mass is 431 g/mol. The second-order valence-electron chi connectivity index (χ2n) is 7.13. The Balaban J connectivity index is 1.97. The lowest BCUT2D eigenvalue weighted by atomic mass is 10.1. The summed E-state index contributed by atoms with van der Waals surface area (Å²) in [5.41, 5.74) is 3.18. The molecule has 0 amide bonds. The van der Waals surface area contributed by atoms with E-state index in [0.717, 1.165) is 18.1 Å². The molecule has 1 aromatic heterocycles. The van der Waals surface area contributed by atoms with Crippen molar-refractivity contribution in [2.24, 2.45) is 4.99 Å². The molecule has 2 rings (SSSR count). The first kappa shape index (κ1) is 23.8. The highest BCUT2D eigenvalue weighted by Crippen LogP contribution is 2.24. The van der Waals surface area contributed by atoms with Gasteiger partial charge in [0, 0.05) is 20.1 Å². The highest BCUT2D eigenvalue weighted by molar-refractivity contribution is 7.13. The first-order valence-corrected chi connectivity index (χ1v) is 11.1. The van der Waals surface area contributed by atoms with Gasteiger partial charge in [0.1, 0.15) is 9.88 Å². The summed E-state index contributed by atoms with van der Waals surface area (Å²) in [6.07, 6.45) is 0. The Morgan fingerprint density at radius 1 is 1.33 bits per heavy atom. The van der Waals surface area contributed by atoms with E-state index in [9.17, 15) is 4.79 Å². The molecule has 0 aliphatic rings. The lowest BCUT2D eigenvalue weighted by Gasteiger charge is -2.17. The van der Waals surface area contributed by atoms with Crippen molar-refractivity contribution in [2.45, 2.75) is 46.8 Å². The fourth-order valence-electron chi connectivity index (χ4n) is 2.90. The average Bonchev–Trinajstić information content (AvgIpc) is 3.13. The first-order valence-electron chi connectivity index (χ1n) is 10.3. The van der Waals surface area contributed by atoms with Crippen LogP contribution in [0.3, 0.4) is 0 Å². The molecule has 1 heterocycles. The largest absolute Gasteiger partial charge is 0.462 e. The molecule has 164 valence electrons. The SMILES string of the molecule is CCOC(=O)c1sc(C(C)NC(=NC)NCc2cccc(CN(C)CC)c2)nc1C. The van der Waals surface area contributed by atoms with E-state index in [1.54, 1.807) is 14.0 Å². The molecule has 0 aliphatic carbocycles. The van der Waals surface area contributed by atoms with Crippen molar-refractivity contribution < 1.29 is 9.53 Å². The number of aromatic nitrogens is 1. The average molecular weight is 432 g/mol. The number of carbonyl (C=O) groups excluding carboxylic acids is 1. The van der Waals surface area contributed by atoms with Crippen molar-refractivity contribution >= 4 is 23.3 Å². The lowest BCUT2D eigenvalue weighted by molar-refractivity contribution is 0.0531. The number of esters is 1. The number of benzene rings is 1. The maximum Gasteiger partial charge on any atom is 0.350 e. The second-order valence-corrected chi connectivity index (χ2v) is 8.16. The molecule has 0 saturated heterocycles. The fourth-order valence-corrected chi connectivity index (χ4v) is 3.86. The van der Waals surface area contributed by atoms with Crippen LogP contribution in [0.2, 0.25) is 0 Å². The second kappa shape index (κ2) is 11.7. The molecule has 0 spiro atoms. The third kappa shape index (κ3) is 6.81. The molecule has 1 unspecified atom stereocenters. The standard InChI is InChI=1S/C22H33N5O2S/c1-7-27(6)14-18-11-9-10-17(12-18)13-24-22(23-5)26-16(4)20-25-15(3)19(30-20)21(28)29-8-2/h9-12,16H,7-8,13-14H2,1-6H3,(H2,23,24,26). The van der Waals surface area contributed by atoms with Crippen LogP contribution < -0.4 is 10.6 Å². The Morgan fingerprint density at radius 3 is 2.73 bits per heavy atom. The number of thiazole rings is 1. The van der Waals surface area contributed by atoms with E-state index < -0.39 is 0 Å². The van der Waals surface area contributed by atoms with Crippen molar-refractivity contribution in [3.63, 3.8) is 0 Å². The van der Waals surface area contributed by atoms with Gasteiger partial charge in [0.25, 0.3) is 0 Å². The molecule has 1 aromatic carbocycles. The Morgan fingerprint density at radius 2 is 2.07 bits per heavy atom. The van der Waals surface area contributed by atoms with Crippen molar-refractivity contribution in [3.05, 3.63) is 51.0 Å². The van der Waals surface area contributed by atoms with Crippen LogP contribution in [0, 0.1) is 6.92 Å². The van der Waals surface area contributed by atoms with E-state index in [2.05, 4.69) is 63.7 Å². The number of ether oxygens (including phenoxy) is 1. The summed E-state index contributed by atoms with van der Waals surface area (Å²) < 4.78 is 5.10. The molecule has 0 saturated carbocycles. The first-order chi connectivity index (χ1) is 14.4. The van der Waals surface area contributed by atoms with E-state index in [4.69, 9.17) is 4.74 Å². The van der Waals surface area contributed by atoms with Crippen molar-refractivity contribution in [1.82, 2.24) is 20.5 Å². The Hall–Kier alpha value is -2.45. The van der Waals surface area contributed by atoms with Gasteiger partial charge >= 0.3 is 5.97 Å². The van der Waals surface area contributed by atoms with Crippen LogP contribution in [0.15, 0.2) is 29.3 Å². The van der Waals surface area contributed by atoms with Crippen LogP contribution in [0.25, 0.3) is 0 Å². The van der Waals surface area contributed by atoms with Gasteiger partial charge < -0.3 is 20.3 Å². The summed E-state index contributed by atoms with van der Waals surface area (Å²) >= 11 is 1.36. The number of aryl methyl sites for hydroxylation is 1. The van der Waals surface area contributed by atoms with E-state index in [1.807, 2.05) is 13.8 Å². The van der Waals surface area contributed by atoms with E-state index >= 15 is 0 Å². The number of nitrogens with zero attached hydrogens (tertiary/aromatic N) is 3. The predicted octanol–water partition coefficient (Wildman–Crippen LogP) is 3.51. The quantitative estimate of drug-likeness (QED) is 0.359. The minimum absolute atomic E-state index is 0.0902. The number of hydrogen-bond acceptors (Lipinski definition) is 6. The number of nitrogens with one attached hydrogen (secondary N) is 2. The summed E-state index contributed by atoms with van der Waals surface area (Å²) in [6.45, 7) is 10.8. The van der Waals surface area contributed by atoms with Gasteiger partial charge in [0.05, 0.1) is 18.3 Å². The number of aliphatic imine (C=N–C) groups is 1. The van der Waals surface area contributed by atoms with Gasteiger partial charge in [0.2, 0.25) is 0 Å². The van der Waals surface area contributed by atoms with Gasteiger partial charge in [-0.25, -0.2) is 9.78 Å². The summed E-state index contributed by atoms with van der Waals surface area (Å²) in [6, 6.07) is 8.47. The number of carbonyl (C=O) groups is 1. The van der Waals surface area contributed by atoms with E-state index in [1.165, 1.54) is 22.5 Å². The molecule has 7 nitrogen and oxygen atoms in total. The van der Waals surface area contributed by atoms with Crippen molar-refractivity contribution in [1.29, 1.82) is 0 Å². The number of hydrogen-bond donors (Lipinski definition) is 2. The summed E-state index contributed by atoms with van der Waals surface area (Å²) in [5, 5.41) is 7.53. The fraction of sp³-hybridized carbons (Fsp3) is 0.500. The van der Waals surface area contributed by atoms with Crippen molar-refractivity contribution in [2.75, 3.05) is 27.2 Å². The van der Waals surface area contributed by atoms with Gasteiger partial charge in [-0.15, -0.1) is 11.3 Å². The summed E-state index contributed by atoms with van der Waals surface area (Å²) in [4.78, 5) is 23.7. The minimum Gasteiger partial charge on any atom is -0.462 e. The van der Waals surface area contributed by atoms with Gasteiger partial charge in [-0.2, -0.15) is 0 Å². The summed E-state index contributed by atoms with van der Waals surface area (Å²) in [7, 11) is 3.86. The molecule has 8 heteroatoms. The predicted molar refractivity (Wildman–Crippen MR) is 123 cm³/mol. The van der Waals surface area contributed by atoms with Gasteiger partial charge in [-0.3, -0.25) is 4.99 Å². The molecule has 1 atom stereocenters. The molecule has 30 heavy (non-hydrogen) atoms. The highest BCUT2D eigenvalue weighted by atomic mass is 32.1. The lowest BCUT2D eigenvalue weighted by Crippen LogP contribution is -2.38. The number of rotatable bonds is 9. The smallest absolute Gasteiger partial charge is 0.350 e. The van der Waals surface area contributed by atoms with Gasteiger partial charge in [-0.05, 0) is 45.5 Å². The van der Waals surface area contributed by atoms with Crippen LogP contribution in [0.1, 0.15) is 58.3 Å². The molecular weight excluding hydrogens is 398 g/mol. The summed E-state index contributed by atoms with van der Waals surface area (Å²) in [5.74, 6) is 0.367. The molecule has 2 N–H and O–H groups in total. The van der Waals surface area contributed by atoms with Crippen LogP contribution in [0.5, 0.6) is 0 Å². The van der Waals surface area contributed by atoms with E-state index in [-0.39, 0.29) is 12.0 Å². The maximum absolute atomic E-state index is 12.0. The third-order valence-electron chi connectivity index (χ3n) is 4.66. The zero-order valence-electron chi connectivity index (χ0n) is 18.8. The molecular formula is C22H33N5O2S. The van der Waals surface area contributed by atoms with Crippen LogP contribution in [0.4, 0.5) is 0 Å². The van der Waals surface area contributed by atoms with Crippen LogP contribution in [-0.2, 0) is 17.8 Å². The van der Waals surface area contributed by atoms with Gasteiger partial charge in [0.15, 0.2) is 5.96 Å². The molecule has 0 radical (unpaired) electrons. The third-order valence-corrected chi connectivity index (χ3v) is 5.99. The Kier molecular flexibility index (Phi) is 9.26. The topological polar surface area (TPSA) is 78.8 Å². The zero-order chi connectivity index (χ0) is 22.1. The van der Waals surface area contributed by atoms with Crippen molar-refractivity contribution in [3.8, 4) is 0 Å². The number of guanidine groups is 1. The molecule has 0 bridgehead atoms. The minimum atomic E-state index is -0.318. The zero-order valence-corrected chi connectivity index (χ0v) is 19.6. The maximum atomic E-state index is 12.0. The van der Waals surface area contributed by atoms with Gasteiger partial charge in [-0.1, -0.05) is 31.2 Å². The Labute approximate surface area is 183 Å². The molecule has 0 fully saturated rings. The molecule has 2 aromatic rings. The molecule has 0 aliphatic heterocycles. The highest BCUT2D eigenvalue weighted by Gasteiger charge is 2.20. The van der Waals surface area contributed by atoms with Crippen LogP contribution >= 0.6 is 11.3 Å².